The predicted molar refractivity (Wildman–Crippen MR) is 75.7 cm³/mol. The van der Waals surface area contributed by atoms with Crippen LogP contribution in [0.25, 0.3) is 16.9 Å². The summed E-state index contributed by atoms with van der Waals surface area (Å²) in [4.78, 5) is 8.62. The average molecular weight is 321 g/mol. The first-order valence-electron chi connectivity index (χ1n) is 5.63. The lowest BCUT2D eigenvalue weighted by Gasteiger charge is -2.08. The highest BCUT2D eigenvalue weighted by atomic mass is 79.9. The molecule has 3 rings (SSSR count). The molecule has 0 aliphatic carbocycles. The number of pyridine rings is 1. The molecule has 0 saturated heterocycles. The van der Waals surface area contributed by atoms with Crippen LogP contribution in [-0.4, -0.2) is 14.5 Å². The second-order valence-corrected chi connectivity index (χ2v) is 5.06. The first-order chi connectivity index (χ1) is 9.08. The summed E-state index contributed by atoms with van der Waals surface area (Å²) in [5, 5.41) is 0. The molecule has 3 aromatic rings. The normalized spacial score (nSPS) is 11.1. The Bertz CT molecular complexity index is 782. The summed E-state index contributed by atoms with van der Waals surface area (Å²) < 4.78 is 15.5. The minimum atomic E-state index is -0.317. The summed E-state index contributed by atoms with van der Waals surface area (Å²) in [6, 6.07) is 6.28. The molecule has 0 fully saturated rings. The molecule has 0 aliphatic rings. The first-order valence-corrected chi connectivity index (χ1v) is 6.42. The molecule has 0 aliphatic heterocycles. The molecule has 0 radical (unpaired) electrons. The van der Waals surface area contributed by atoms with Crippen molar-refractivity contribution < 1.29 is 4.39 Å². The van der Waals surface area contributed by atoms with Gasteiger partial charge in [0.05, 0.1) is 5.69 Å². The summed E-state index contributed by atoms with van der Waals surface area (Å²) in [6.45, 7) is 1.94. The van der Waals surface area contributed by atoms with Crippen LogP contribution in [0.1, 0.15) is 5.56 Å². The van der Waals surface area contributed by atoms with Crippen LogP contribution in [0, 0.1) is 12.7 Å². The molecule has 19 heavy (non-hydrogen) atoms. The summed E-state index contributed by atoms with van der Waals surface area (Å²) in [5.74, 6) is 0.00636. The van der Waals surface area contributed by atoms with Gasteiger partial charge in [-0.25, -0.2) is 14.4 Å². The zero-order valence-corrected chi connectivity index (χ0v) is 11.6. The van der Waals surface area contributed by atoms with Crippen LogP contribution < -0.4 is 5.73 Å². The molecule has 2 aromatic heterocycles. The van der Waals surface area contributed by atoms with Crippen molar-refractivity contribution in [1.82, 2.24) is 14.5 Å². The largest absolute Gasteiger partial charge is 0.369 e. The number of rotatable bonds is 1. The van der Waals surface area contributed by atoms with E-state index < -0.39 is 0 Å². The van der Waals surface area contributed by atoms with Gasteiger partial charge in [-0.15, -0.1) is 0 Å². The third-order valence-electron chi connectivity index (χ3n) is 2.92. The highest BCUT2D eigenvalue weighted by Gasteiger charge is 2.15. The first kappa shape index (κ1) is 12.1. The van der Waals surface area contributed by atoms with E-state index in [1.807, 2.05) is 13.0 Å². The Labute approximate surface area is 117 Å². The van der Waals surface area contributed by atoms with Gasteiger partial charge in [-0.3, -0.25) is 4.57 Å². The van der Waals surface area contributed by atoms with E-state index in [9.17, 15) is 4.39 Å². The summed E-state index contributed by atoms with van der Waals surface area (Å²) in [6.07, 6.45) is 1.70. The van der Waals surface area contributed by atoms with E-state index in [1.165, 1.54) is 12.1 Å². The minimum absolute atomic E-state index is 0.317. The smallest absolute Gasteiger partial charge is 0.207 e. The molecule has 0 atom stereocenters. The second-order valence-electron chi connectivity index (χ2n) is 4.20. The van der Waals surface area contributed by atoms with Crippen molar-refractivity contribution in [2.45, 2.75) is 6.92 Å². The highest BCUT2D eigenvalue weighted by molar-refractivity contribution is 9.10. The number of nitrogens with two attached hydrogens (primary N) is 1. The maximum absolute atomic E-state index is 13.2. The minimum Gasteiger partial charge on any atom is -0.369 e. The van der Waals surface area contributed by atoms with Crippen LogP contribution in [0.2, 0.25) is 0 Å². The lowest BCUT2D eigenvalue weighted by molar-refractivity contribution is 0.626. The fraction of sp³-hybridized carbons (Fsp3) is 0.0769. The Morgan fingerprint density at radius 2 is 2.11 bits per heavy atom. The second kappa shape index (κ2) is 4.31. The molecular formula is C13H10BrFN4. The van der Waals surface area contributed by atoms with Crippen molar-refractivity contribution in [2.24, 2.45) is 0 Å². The number of nitrogen functional groups attached to an aromatic ring is 1. The summed E-state index contributed by atoms with van der Waals surface area (Å²) in [5.41, 5.74) is 9.06. The van der Waals surface area contributed by atoms with Gasteiger partial charge >= 0.3 is 0 Å². The molecule has 0 amide bonds. The Hall–Kier alpha value is -1.95. The van der Waals surface area contributed by atoms with E-state index in [1.54, 1.807) is 16.8 Å². The molecule has 96 valence electrons. The fourth-order valence-electron chi connectivity index (χ4n) is 2.01. The standard InChI is InChI=1S/C13H10BrFN4/c1-7-4-5-17-12-11(7)18-13(16)19(12)10-3-2-8(15)6-9(10)14/h2-6H,1H3,(H2,16,18). The van der Waals surface area contributed by atoms with E-state index in [-0.39, 0.29) is 5.82 Å². The lowest BCUT2D eigenvalue weighted by Crippen LogP contribution is -2.02. The van der Waals surface area contributed by atoms with Gasteiger partial charge < -0.3 is 5.73 Å². The van der Waals surface area contributed by atoms with Crippen LogP contribution in [0.3, 0.4) is 0 Å². The lowest BCUT2D eigenvalue weighted by atomic mass is 10.2. The number of aromatic nitrogens is 3. The molecule has 0 bridgehead atoms. The molecule has 1 aromatic carbocycles. The Morgan fingerprint density at radius 3 is 2.84 bits per heavy atom. The predicted octanol–water partition coefficient (Wildman–Crippen LogP) is 3.21. The van der Waals surface area contributed by atoms with Crippen LogP contribution >= 0.6 is 15.9 Å². The van der Waals surface area contributed by atoms with Crippen molar-refractivity contribution in [3.8, 4) is 5.69 Å². The number of hydrogen-bond acceptors (Lipinski definition) is 3. The van der Waals surface area contributed by atoms with Crippen molar-refractivity contribution in [2.75, 3.05) is 5.73 Å². The van der Waals surface area contributed by atoms with E-state index in [4.69, 9.17) is 5.73 Å². The van der Waals surface area contributed by atoms with Gasteiger partial charge in [-0.05, 0) is 52.7 Å². The molecule has 6 heteroatoms. The number of fused-ring (bicyclic) bond motifs is 1. The maximum atomic E-state index is 13.2. The third kappa shape index (κ3) is 1.88. The Morgan fingerprint density at radius 1 is 1.32 bits per heavy atom. The molecule has 0 spiro atoms. The number of imidazole rings is 1. The van der Waals surface area contributed by atoms with Crippen LogP contribution in [0.4, 0.5) is 10.3 Å². The zero-order valence-electron chi connectivity index (χ0n) is 10.1. The summed E-state index contributed by atoms with van der Waals surface area (Å²) >= 11 is 3.33. The monoisotopic (exact) mass is 320 g/mol. The van der Waals surface area contributed by atoms with Crippen LogP contribution in [-0.2, 0) is 0 Å². The van der Waals surface area contributed by atoms with Gasteiger partial charge in [-0.1, -0.05) is 0 Å². The number of halogens is 2. The fourth-order valence-corrected chi connectivity index (χ4v) is 2.54. The molecular weight excluding hydrogens is 311 g/mol. The number of benzene rings is 1. The van der Waals surface area contributed by atoms with E-state index in [0.29, 0.717) is 21.8 Å². The van der Waals surface area contributed by atoms with Gasteiger partial charge in [0.1, 0.15) is 11.3 Å². The summed E-state index contributed by atoms with van der Waals surface area (Å²) in [7, 11) is 0. The third-order valence-corrected chi connectivity index (χ3v) is 3.56. The Kier molecular flexibility index (Phi) is 2.74. The highest BCUT2D eigenvalue weighted by Crippen LogP contribution is 2.28. The number of anilines is 1. The Balaban J connectivity index is 2.36. The van der Waals surface area contributed by atoms with Crippen molar-refractivity contribution in [1.29, 1.82) is 0 Å². The van der Waals surface area contributed by atoms with E-state index in [2.05, 4.69) is 25.9 Å². The van der Waals surface area contributed by atoms with Gasteiger partial charge in [0, 0.05) is 10.7 Å². The van der Waals surface area contributed by atoms with Crippen LogP contribution in [0.15, 0.2) is 34.9 Å². The van der Waals surface area contributed by atoms with Gasteiger partial charge in [0.2, 0.25) is 5.95 Å². The number of aryl methyl sites for hydroxylation is 1. The quantitative estimate of drug-likeness (QED) is 0.749. The van der Waals surface area contributed by atoms with E-state index in [0.717, 1.165) is 11.1 Å². The van der Waals surface area contributed by atoms with Crippen molar-refractivity contribution in [3.05, 3.63) is 46.3 Å². The topological polar surface area (TPSA) is 56.7 Å². The van der Waals surface area contributed by atoms with Crippen molar-refractivity contribution >= 4 is 33.0 Å². The van der Waals surface area contributed by atoms with Gasteiger partial charge in [0.15, 0.2) is 5.65 Å². The van der Waals surface area contributed by atoms with E-state index >= 15 is 0 Å². The molecule has 2 N–H and O–H groups in total. The SMILES string of the molecule is Cc1ccnc2c1nc(N)n2-c1ccc(F)cc1Br. The maximum Gasteiger partial charge on any atom is 0.207 e. The van der Waals surface area contributed by atoms with Crippen LogP contribution in [0.5, 0.6) is 0 Å². The molecule has 2 heterocycles. The van der Waals surface area contributed by atoms with Gasteiger partial charge in [0.25, 0.3) is 0 Å². The van der Waals surface area contributed by atoms with Crippen molar-refractivity contribution in [3.63, 3.8) is 0 Å². The molecule has 0 unspecified atom stereocenters. The number of nitrogens with zero attached hydrogens (tertiary/aromatic N) is 3. The molecule has 4 nitrogen and oxygen atoms in total. The van der Waals surface area contributed by atoms with Gasteiger partial charge in [-0.2, -0.15) is 0 Å². The zero-order chi connectivity index (χ0) is 13.6. The average Bonchev–Trinajstić information content (AvgIpc) is 2.68. The molecule has 0 saturated carbocycles. The number of hydrogen-bond donors (Lipinski definition) is 1.